The fraction of sp³-hybridized carbons (Fsp3) is 0.381. The number of amides is 1. The van der Waals surface area contributed by atoms with Crippen LogP contribution in [0.2, 0.25) is 0 Å². The van der Waals surface area contributed by atoms with Gasteiger partial charge in [0.05, 0.1) is 7.11 Å². The minimum Gasteiger partial charge on any atom is -0.493 e. The van der Waals surface area contributed by atoms with Crippen LogP contribution in [0.5, 0.6) is 17.2 Å². The SMILES string of the molecule is COc1cc(CN(C(=O)[C@@H]2Cc3ccccc3O2)C2CC2)ccc1OC(F)F. The van der Waals surface area contributed by atoms with Crippen molar-refractivity contribution in [2.24, 2.45) is 0 Å². The molecule has 1 fully saturated rings. The summed E-state index contributed by atoms with van der Waals surface area (Å²) in [6, 6.07) is 12.6. The van der Waals surface area contributed by atoms with Gasteiger partial charge in [0.15, 0.2) is 17.6 Å². The number of ether oxygens (including phenoxy) is 3. The van der Waals surface area contributed by atoms with Crippen molar-refractivity contribution >= 4 is 5.91 Å². The summed E-state index contributed by atoms with van der Waals surface area (Å²) in [5.41, 5.74) is 1.82. The first-order chi connectivity index (χ1) is 13.5. The number of rotatable bonds is 7. The minimum absolute atomic E-state index is 0.0277. The molecule has 0 aromatic heterocycles. The molecular formula is C21H21F2NO4. The summed E-state index contributed by atoms with van der Waals surface area (Å²) in [6.45, 7) is -2.56. The van der Waals surface area contributed by atoms with E-state index in [4.69, 9.17) is 9.47 Å². The van der Waals surface area contributed by atoms with Crippen molar-refractivity contribution in [3.05, 3.63) is 53.6 Å². The molecule has 1 atom stereocenters. The van der Waals surface area contributed by atoms with Crippen molar-refractivity contribution in [1.82, 2.24) is 4.90 Å². The van der Waals surface area contributed by atoms with Gasteiger partial charge in [0, 0.05) is 19.0 Å². The first-order valence-electron chi connectivity index (χ1n) is 9.22. The summed E-state index contributed by atoms with van der Waals surface area (Å²) in [5, 5.41) is 0. The van der Waals surface area contributed by atoms with E-state index in [1.54, 1.807) is 12.1 Å². The Bertz CT molecular complexity index is 844. The Hall–Kier alpha value is -2.83. The van der Waals surface area contributed by atoms with Crippen LogP contribution >= 0.6 is 0 Å². The summed E-state index contributed by atoms with van der Waals surface area (Å²) in [4.78, 5) is 14.9. The second-order valence-corrected chi connectivity index (χ2v) is 6.98. The van der Waals surface area contributed by atoms with Gasteiger partial charge in [-0.1, -0.05) is 24.3 Å². The molecule has 0 bridgehead atoms. The molecule has 0 spiro atoms. The van der Waals surface area contributed by atoms with Crippen LogP contribution in [-0.2, 0) is 17.8 Å². The summed E-state index contributed by atoms with van der Waals surface area (Å²) >= 11 is 0. The van der Waals surface area contributed by atoms with Crippen LogP contribution in [-0.4, -0.2) is 36.7 Å². The number of hydrogen-bond donors (Lipinski definition) is 0. The Balaban J connectivity index is 1.49. The maximum Gasteiger partial charge on any atom is 0.387 e. The summed E-state index contributed by atoms with van der Waals surface area (Å²) in [6.07, 6.45) is 1.94. The highest BCUT2D eigenvalue weighted by atomic mass is 19.3. The molecule has 4 rings (SSSR count). The number of benzene rings is 2. The first kappa shape index (κ1) is 18.5. The molecule has 2 aliphatic rings. The molecule has 0 N–H and O–H groups in total. The molecule has 2 aromatic rings. The zero-order valence-electron chi connectivity index (χ0n) is 15.4. The van der Waals surface area contributed by atoms with Gasteiger partial charge in [-0.2, -0.15) is 8.78 Å². The molecule has 1 heterocycles. The van der Waals surface area contributed by atoms with E-state index >= 15 is 0 Å². The quantitative estimate of drug-likeness (QED) is 0.723. The predicted molar refractivity (Wildman–Crippen MR) is 97.8 cm³/mol. The Morgan fingerprint density at radius 3 is 2.68 bits per heavy atom. The molecule has 28 heavy (non-hydrogen) atoms. The van der Waals surface area contributed by atoms with Crippen molar-refractivity contribution in [1.29, 1.82) is 0 Å². The van der Waals surface area contributed by atoms with Gasteiger partial charge >= 0.3 is 6.61 Å². The number of carbonyl (C=O) groups is 1. The van der Waals surface area contributed by atoms with Crippen LogP contribution in [0.4, 0.5) is 8.78 Å². The molecule has 7 heteroatoms. The third-order valence-corrected chi connectivity index (χ3v) is 4.99. The molecule has 148 valence electrons. The monoisotopic (exact) mass is 389 g/mol. The third kappa shape index (κ3) is 3.88. The van der Waals surface area contributed by atoms with Crippen LogP contribution in [0, 0.1) is 0 Å². The highest BCUT2D eigenvalue weighted by Crippen LogP contribution is 2.35. The number of nitrogens with zero attached hydrogens (tertiary/aromatic N) is 1. The standard InChI is InChI=1S/C21H21F2NO4/c1-26-18-10-13(6-9-17(18)28-21(22)23)12-24(15-7-8-15)20(25)19-11-14-4-2-3-5-16(14)27-19/h2-6,9-10,15,19,21H,7-8,11-12H2,1H3/t19-/m0/s1. The Morgan fingerprint density at radius 1 is 1.21 bits per heavy atom. The van der Waals surface area contributed by atoms with Crippen molar-refractivity contribution < 1.29 is 27.8 Å². The molecule has 5 nitrogen and oxygen atoms in total. The topological polar surface area (TPSA) is 48.0 Å². The van der Waals surface area contributed by atoms with Gasteiger partial charge in [0.2, 0.25) is 0 Å². The Kier molecular flexibility index (Phi) is 5.07. The average Bonchev–Trinajstić information content (AvgIpc) is 3.43. The molecule has 0 unspecified atom stereocenters. The zero-order chi connectivity index (χ0) is 19.7. The largest absolute Gasteiger partial charge is 0.493 e. The number of carbonyl (C=O) groups excluding carboxylic acids is 1. The smallest absolute Gasteiger partial charge is 0.387 e. The van der Waals surface area contributed by atoms with E-state index in [1.165, 1.54) is 13.2 Å². The van der Waals surface area contributed by atoms with Crippen LogP contribution in [0.25, 0.3) is 0 Å². The Labute approximate surface area is 161 Å². The van der Waals surface area contributed by atoms with E-state index in [9.17, 15) is 13.6 Å². The Morgan fingerprint density at radius 2 is 2.00 bits per heavy atom. The second-order valence-electron chi connectivity index (χ2n) is 6.98. The number of hydrogen-bond acceptors (Lipinski definition) is 4. The van der Waals surface area contributed by atoms with Gasteiger partial charge < -0.3 is 19.1 Å². The minimum atomic E-state index is -2.93. The number of halogens is 2. The highest BCUT2D eigenvalue weighted by Gasteiger charge is 2.39. The van der Waals surface area contributed by atoms with E-state index in [0.29, 0.717) is 13.0 Å². The predicted octanol–water partition coefficient (Wildman–Crippen LogP) is 3.79. The van der Waals surface area contributed by atoms with E-state index in [1.807, 2.05) is 29.2 Å². The molecule has 1 aliphatic heterocycles. The molecule has 1 aliphatic carbocycles. The van der Waals surface area contributed by atoms with E-state index in [0.717, 1.165) is 29.7 Å². The fourth-order valence-corrected chi connectivity index (χ4v) is 3.48. The number of para-hydroxylation sites is 1. The van der Waals surface area contributed by atoms with Crippen LogP contribution < -0.4 is 14.2 Å². The van der Waals surface area contributed by atoms with E-state index in [2.05, 4.69) is 4.74 Å². The van der Waals surface area contributed by atoms with Gasteiger partial charge in [0.25, 0.3) is 5.91 Å². The molecule has 0 radical (unpaired) electrons. The second kappa shape index (κ2) is 7.66. The number of alkyl halides is 2. The number of methoxy groups -OCH3 is 1. The van der Waals surface area contributed by atoms with Gasteiger partial charge in [-0.3, -0.25) is 4.79 Å². The van der Waals surface area contributed by atoms with Crippen molar-refractivity contribution in [3.63, 3.8) is 0 Å². The van der Waals surface area contributed by atoms with Gasteiger partial charge in [-0.15, -0.1) is 0 Å². The maximum atomic E-state index is 13.1. The zero-order valence-corrected chi connectivity index (χ0v) is 15.4. The number of fused-ring (bicyclic) bond motifs is 1. The lowest BCUT2D eigenvalue weighted by Gasteiger charge is -2.25. The molecule has 1 saturated carbocycles. The lowest BCUT2D eigenvalue weighted by Crippen LogP contribution is -2.42. The first-order valence-corrected chi connectivity index (χ1v) is 9.22. The molecule has 0 saturated heterocycles. The van der Waals surface area contributed by atoms with Gasteiger partial charge in [-0.25, -0.2) is 0 Å². The average molecular weight is 389 g/mol. The van der Waals surface area contributed by atoms with Gasteiger partial charge in [-0.05, 0) is 42.2 Å². The third-order valence-electron chi connectivity index (χ3n) is 4.99. The van der Waals surface area contributed by atoms with Crippen LogP contribution in [0.1, 0.15) is 24.0 Å². The summed E-state index contributed by atoms with van der Waals surface area (Å²) in [5.74, 6) is 0.892. The highest BCUT2D eigenvalue weighted by molar-refractivity contribution is 5.83. The van der Waals surface area contributed by atoms with Crippen molar-refractivity contribution in [2.75, 3.05) is 7.11 Å². The van der Waals surface area contributed by atoms with Crippen molar-refractivity contribution in [2.45, 2.75) is 44.6 Å². The normalized spacial score (nSPS) is 17.8. The van der Waals surface area contributed by atoms with Gasteiger partial charge in [0.1, 0.15) is 5.75 Å². The van der Waals surface area contributed by atoms with E-state index < -0.39 is 12.7 Å². The summed E-state index contributed by atoms with van der Waals surface area (Å²) in [7, 11) is 1.39. The van der Waals surface area contributed by atoms with Crippen LogP contribution in [0.15, 0.2) is 42.5 Å². The molecule has 2 aromatic carbocycles. The molecular weight excluding hydrogens is 368 g/mol. The lowest BCUT2D eigenvalue weighted by atomic mass is 10.1. The van der Waals surface area contributed by atoms with E-state index in [-0.39, 0.29) is 23.4 Å². The summed E-state index contributed by atoms with van der Waals surface area (Å²) < 4.78 is 40.5. The van der Waals surface area contributed by atoms with Crippen molar-refractivity contribution in [3.8, 4) is 17.2 Å². The maximum absolute atomic E-state index is 13.1. The van der Waals surface area contributed by atoms with Crippen LogP contribution in [0.3, 0.4) is 0 Å². The molecule has 1 amide bonds. The lowest BCUT2D eigenvalue weighted by molar-refractivity contribution is -0.139. The fourth-order valence-electron chi connectivity index (χ4n) is 3.48.